The van der Waals surface area contributed by atoms with Crippen LogP contribution >= 0.6 is 15.9 Å². The Labute approximate surface area is 116 Å². The minimum absolute atomic E-state index is 0.0555. The molecule has 0 spiro atoms. The van der Waals surface area contributed by atoms with Crippen molar-refractivity contribution in [2.24, 2.45) is 0 Å². The highest BCUT2D eigenvalue weighted by Crippen LogP contribution is 2.24. The highest BCUT2D eigenvalue weighted by molar-refractivity contribution is 9.10. The number of carbonyl (C=O) groups is 1. The predicted molar refractivity (Wildman–Crippen MR) is 74.1 cm³/mol. The summed E-state index contributed by atoms with van der Waals surface area (Å²) in [5.41, 5.74) is 1.18. The van der Waals surface area contributed by atoms with Crippen LogP contribution in [0.1, 0.15) is 24.8 Å². The standard InChI is InChI=1S/C14H17BrN2O/c15-12-4-2-1-3-10(12)9-17-8-7-13(14(17)18)16-11-5-6-11/h1-4,11,13,16H,5-9H2. The molecular formula is C14H17BrN2O. The molecule has 3 rings (SSSR count). The van der Waals surface area contributed by atoms with E-state index in [0.29, 0.717) is 12.6 Å². The molecule has 1 atom stereocenters. The molecule has 1 aliphatic heterocycles. The van der Waals surface area contributed by atoms with E-state index in [0.717, 1.165) is 17.4 Å². The third-order valence-electron chi connectivity index (χ3n) is 3.63. The van der Waals surface area contributed by atoms with Gasteiger partial charge < -0.3 is 10.2 Å². The molecule has 1 saturated carbocycles. The molecule has 0 radical (unpaired) electrons. The third-order valence-corrected chi connectivity index (χ3v) is 4.40. The predicted octanol–water partition coefficient (Wildman–Crippen LogP) is 2.30. The Hall–Kier alpha value is -0.870. The Morgan fingerprint density at radius 2 is 2.06 bits per heavy atom. The van der Waals surface area contributed by atoms with Crippen LogP contribution in [0.5, 0.6) is 0 Å². The smallest absolute Gasteiger partial charge is 0.240 e. The van der Waals surface area contributed by atoms with Crippen LogP contribution in [-0.4, -0.2) is 29.4 Å². The van der Waals surface area contributed by atoms with Crippen molar-refractivity contribution < 1.29 is 4.79 Å². The van der Waals surface area contributed by atoms with Gasteiger partial charge in [-0.05, 0) is 30.9 Å². The lowest BCUT2D eigenvalue weighted by molar-refractivity contribution is -0.130. The average molecular weight is 309 g/mol. The molecule has 0 bridgehead atoms. The number of likely N-dealkylation sites (tertiary alicyclic amines) is 1. The van der Waals surface area contributed by atoms with Gasteiger partial charge in [-0.2, -0.15) is 0 Å². The van der Waals surface area contributed by atoms with E-state index in [2.05, 4.69) is 27.3 Å². The summed E-state index contributed by atoms with van der Waals surface area (Å²) >= 11 is 3.54. The maximum Gasteiger partial charge on any atom is 0.240 e. The molecule has 1 saturated heterocycles. The van der Waals surface area contributed by atoms with Crippen LogP contribution in [0.25, 0.3) is 0 Å². The molecule has 4 heteroatoms. The second-order valence-electron chi connectivity index (χ2n) is 5.13. The van der Waals surface area contributed by atoms with Gasteiger partial charge in [-0.3, -0.25) is 4.79 Å². The fourth-order valence-electron chi connectivity index (χ4n) is 2.42. The summed E-state index contributed by atoms with van der Waals surface area (Å²) in [5.74, 6) is 0.262. The van der Waals surface area contributed by atoms with Crippen molar-refractivity contribution in [2.75, 3.05) is 6.54 Å². The highest BCUT2D eigenvalue weighted by Gasteiger charge is 2.35. The second kappa shape index (κ2) is 5.02. The molecule has 1 heterocycles. The molecule has 1 aromatic carbocycles. The summed E-state index contributed by atoms with van der Waals surface area (Å²) < 4.78 is 1.08. The van der Waals surface area contributed by atoms with Gasteiger partial charge in [0, 0.05) is 23.6 Å². The van der Waals surface area contributed by atoms with Gasteiger partial charge >= 0.3 is 0 Å². The molecule has 18 heavy (non-hydrogen) atoms. The summed E-state index contributed by atoms with van der Waals surface area (Å²) in [6.07, 6.45) is 3.40. The monoisotopic (exact) mass is 308 g/mol. The molecule has 2 fully saturated rings. The van der Waals surface area contributed by atoms with Crippen molar-refractivity contribution in [1.82, 2.24) is 10.2 Å². The maximum absolute atomic E-state index is 12.2. The molecular weight excluding hydrogens is 292 g/mol. The second-order valence-corrected chi connectivity index (χ2v) is 5.99. The van der Waals surface area contributed by atoms with Gasteiger partial charge in [-0.1, -0.05) is 34.1 Å². The first-order chi connectivity index (χ1) is 8.74. The SMILES string of the molecule is O=C1C(NC2CC2)CCN1Cc1ccccc1Br. The number of carbonyl (C=O) groups excluding carboxylic acids is 1. The number of halogens is 1. The average Bonchev–Trinajstić information content (AvgIpc) is 3.12. The number of rotatable bonds is 4. The van der Waals surface area contributed by atoms with Gasteiger partial charge in [0.1, 0.15) is 0 Å². The van der Waals surface area contributed by atoms with E-state index in [1.54, 1.807) is 0 Å². The first-order valence-corrected chi connectivity index (χ1v) is 7.31. The van der Waals surface area contributed by atoms with Crippen molar-refractivity contribution in [1.29, 1.82) is 0 Å². The van der Waals surface area contributed by atoms with Crippen LogP contribution in [-0.2, 0) is 11.3 Å². The summed E-state index contributed by atoms with van der Waals surface area (Å²) in [5, 5.41) is 3.43. The lowest BCUT2D eigenvalue weighted by Crippen LogP contribution is -2.39. The Bertz CT molecular complexity index is 459. The van der Waals surface area contributed by atoms with Crippen molar-refractivity contribution in [3.63, 3.8) is 0 Å². The molecule has 96 valence electrons. The van der Waals surface area contributed by atoms with Crippen LogP contribution in [0.4, 0.5) is 0 Å². The summed E-state index contributed by atoms with van der Waals surface area (Å²) in [6, 6.07) is 8.76. The number of nitrogens with zero attached hydrogens (tertiary/aromatic N) is 1. The van der Waals surface area contributed by atoms with E-state index in [-0.39, 0.29) is 11.9 Å². The molecule has 1 aromatic rings. The maximum atomic E-state index is 12.2. The Kier molecular flexibility index (Phi) is 3.39. The molecule has 1 aliphatic carbocycles. The van der Waals surface area contributed by atoms with Crippen LogP contribution in [0, 0.1) is 0 Å². The Balaban J connectivity index is 1.63. The van der Waals surface area contributed by atoms with Gasteiger partial charge in [-0.15, -0.1) is 0 Å². The Morgan fingerprint density at radius 1 is 1.28 bits per heavy atom. The van der Waals surface area contributed by atoms with Crippen LogP contribution < -0.4 is 5.32 Å². The highest BCUT2D eigenvalue weighted by atomic mass is 79.9. The zero-order chi connectivity index (χ0) is 12.5. The molecule has 1 N–H and O–H groups in total. The first-order valence-electron chi connectivity index (χ1n) is 6.52. The van der Waals surface area contributed by atoms with E-state index < -0.39 is 0 Å². The number of benzene rings is 1. The lowest BCUT2D eigenvalue weighted by Gasteiger charge is -2.18. The molecule has 2 aliphatic rings. The quantitative estimate of drug-likeness (QED) is 0.925. The Morgan fingerprint density at radius 3 is 2.78 bits per heavy atom. The summed E-state index contributed by atoms with van der Waals surface area (Å²) in [6.45, 7) is 1.58. The van der Waals surface area contributed by atoms with E-state index in [9.17, 15) is 4.79 Å². The summed E-state index contributed by atoms with van der Waals surface area (Å²) in [4.78, 5) is 14.2. The molecule has 1 amide bonds. The minimum atomic E-state index is 0.0555. The fourth-order valence-corrected chi connectivity index (χ4v) is 2.83. The van der Waals surface area contributed by atoms with Crippen molar-refractivity contribution in [3.05, 3.63) is 34.3 Å². The zero-order valence-corrected chi connectivity index (χ0v) is 11.8. The van der Waals surface area contributed by atoms with Gasteiger partial charge in [0.15, 0.2) is 0 Å². The molecule has 1 unspecified atom stereocenters. The normalized spacial score (nSPS) is 23.7. The van der Waals surface area contributed by atoms with Crippen molar-refractivity contribution in [2.45, 2.75) is 37.9 Å². The van der Waals surface area contributed by atoms with E-state index in [4.69, 9.17) is 0 Å². The number of nitrogens with one attached hydrogen (secondary N) is 1. The summed E-state index contributed by atoms with van der Waals surface area (Å²) in [7, 11) is 0. The molecule has 3 nitrogen and oxygen atoms in total. The van der Waals surface area contributed by atoms with Crippen LogP contribution in [0.3, 0.4) is 0 Å². The number of amides is 1. The van der Waals surface area contributed by atoms with Gasteiger partial charge in [0.25, 0.3) is 0 Å². The fraction of sp³-hybridized carbons (Fsp3) is 0.500. The molecule has 0 aromatic heterocycles. The zero-order valence-electron chi connectivity index (χ0n) is 10.2. The van der Waals surface area contributed by atoms with Crippen molar-refractivity contribution >= 4 is 21.8 Å². The number of hydrogen-bond donors (Lipinski definition) is 1. The van der Waals surface area contributed by atoms with E-state index >= 15 is 0 Å². The van der Waals surface area contributed by atoms with Gasteiger partial charge in [-0.25, -0.2) is 0 Å². The minimum Gasteiger partial charge on any atom is -0.337 e. The van der Waals surface area contributed by atoms with Crippen LogP contribution in [0.2, 0.25) is 0 Å². The van der Waals surface area contributed by atoms with E-state index in [1.165, 1.54) is 18.4 Å². The van der Waals surface area contributed by atoms with Crippen LogP contribution in [0.15, 0.2) is 28.7 Å². The largest absolute Gasteiger partial charge is 0.337 e. The lowest BCUT2D eigenvalue weighted by atomic mass is 10.2. The first kappa shape index (κ1) is 12.2. The van der Waals surface area contributed by atoms with Crippen molar-refractivity contribution in [3.8, 4) is 0 Å². The third kappa shape index (κ3) is 2.59. The topological polar surface area (TPSA) is 32.3 Å². The van der Waals surface area contributed by atoms with E-state index in [1.807, 2.05) is 23.1 Å². The van der Waals surface area contributed by atoms with Gasteiger partial charge in [0.2, 0.25) is 5.91 Å². The van der Waals surface area contributed by atoms with Gasteiger partial charge in [0.05, 0.1) is 6.04 Å². The number of hydrogen-bond acceptors (Lipinski definition) is 2.